The van der Waals surface area contributed by atoms with E-state index < -0.39 is 0 Å². The zero-order valence-electron chi connectivity index (χ0n) is 33.8. The van der Waals surface area contributed by atoms with E-state index in [0.717, 1.165) is 24.2 Å². The van der Waals surface area contributed by atoms with Crippen LogP contribution in [0.25, 0.3) is 54.6 Å². The number of anilines is 6. The largest absolute Gasteiger partial charge is 0.310 e. The maximum Gasteiger partial charge on any atom is 0.0497 e. The molecule has 2 aliphatic heterocycles. The molecule has 0 aromatic heterocycles. The molecule has 0 amide bonds. The molecular weight excluding hydrogens is 725 g/mol. The summed E-state index contributed by atoms with van der Waals surface area (Å²) in [4.78, 5) is 4.96. The molecule has 284 valence electrons. The molecule has 0 aliphatic carbocycles. The minimum atomic E-state index is 0.924. The monoisotopic (exact) mass is 766 g/mol. The molecule has 0 fully saturated rings. The van der Waals surface area contributed by atoms with Gasteiger partial charge in [0.15, 0.2) is 0 Å². The Hall–Kier alpha value is -7.42. The summed E-state index contributed by atoms with van der Waals surface area (Å²) in [5.74, 6) is 0. The van der Waals surface area contributed by atoms with Gasteiger partial charge in [-0.3, -0.25) is 0 Å². The first-order valence-electron chi connectivity index (χ1n) is 21.1. The van der Waals surface area contributed by atoms with Gasteiger partial charge in [0.1, 0.15) is 0 Å². The minimum absolute atomic E-state index is 0.924. The molecule has 0 N–H and O–H groups in total. The van der Waals surface area contributed by atoms with E-state index in [1.807, 2.05) is 0 Å². The Bertz CT molecular complexity index is 3280. The number of aryl methyl sites for hydroxylation is 2. The summed E-state index contributed by atoms with van der Waals surface area (Å²) < 4.78 is 0. The third-order valence-electron chi connectivity index (χ3n) is 13.1. The van der Waals surface area contributed by atoms with Crippen LogP contribution in [0.1, 0.15) is 33.4 Å². The summed E-state index contributed by atoms with van der Waals surface area (Å²) in [6.45, 7) is 4.45. The molecule has 0 saturated heterocycles. The SMILES string of the molecule is Cc1ccc(-c2c3cc(N4c5ccccc5Cc5ccccc54)ccc3c(-c3cccc4ccccc34)c3cc(N4c5ccccc5Cc5ccccc54)ccc23)cc1C. The van der Waals surface area contributed by atoms with Crippen molar-refractivity contribution in [1.82, 2.24) is 0 Å². The molecule has 0 spiro atoms. The zero-order valence-corrected chi connectivity index (χ0v) is 33.8. The van der Waals surface area contributed by atoms with E-state index in [1.165, 1.54) is 111 Å². The van der Waals surface area contributed by atoms with Gasteiger partial charge >= 0.3 is 0 Å². The number of nitrogens with zero attached hydrogens (tertiary/aromatic N) is 2. The normalized spacial score (nSPS) is 13.0. The van der Waals surface area contributed by atoms with Gasteiger partial charge in [-0.25, -0.2) is 0 Å². The second-order valence-corrected chi connectivity index (χ2v) is 16.6. The highest BCUT2D eigenvalue weighted by atomic mass is 15.2. The Kier molecular flexibility index (Phi) is 7.83. The van der Waals surface area contributed by atoms with E-state index in [2.05, 4.69) is 218 Å². The van der Waals surface area contributed by atoms with Gasteiger partial charge < -0.3 is 9.80 Å². The fraction of sp³-hybridized carbons (Fsp3) is 0.0690. The molecule has 2 aliphatic rings. The number of hydrogen-bond donors (Lipinski definition) is 0. The van der Waals surface area contributed by atoms with E-state index in [0.29, 0.717) is 0 Å². The second kappa shape index (κ2) is 13.6. The molecule has 0 unspecified atom stereocenters. The summed E-state index contributed by atoms with van der Waals surface area (Å²) in [5.41, 5.74) is 20.2. The number of hydrogen-bond acceptors (Lipinski definition) is 2. The van der Waals surface area contributed by atoms with Crippen molar-refractivity contribution in [2.24, 2.45) is 0 Å². The predicted octanol–water partition coefficient (Wildman–Crippen LogP) is 15.8. The first-order chi connectivity index (χ1) is 29.6. The highest BCUT2D eigenvalue weighted by Crippen LogP contribution is 2.51. The zero-order chi connectivity index (χ0) is 39.9. The average Bonchev–Trinajstić information content (AvgIpc) is 3.29. The van der Waals surface area contributed by atoms with E-state index in [-0.39, 0.29) is 0 Å². The van der Waals surface area contributed by atoms with E-state index in [4.69, 9.17) is 0 Å². The summed E-state index contributed by atoms with van der Waals surface area (Å²) in [6, 6.07) is 72.7. The lowest BCUT2D eigenvalue weighted by Gasteiger charge is -2.34. The fourth-order valence-corrected chi connectivity index (χ4v) is 10.2. The topological polar surface area (TPSA) is 6.48 Å². The molecule has 0 atom stereocenters. The smallest absolute Gasteiger partial charge is 0.0497 e. The molecule has 0 radical (unpaired) electrons. The maximum atomic E-state index is 2.48. The summed E-state index contributed by atoms with van der Waals surface area (Å²) in [5, 5.41) is 7.46. The Balaban J connectivity index is 1.21. The van der Waals surface area contributed by atoms with Crippen molar-refractivity contribution >= 4 is 66.4 Å². The van der Waals surface area contributed by atoms with Crippen molar-refractivity contribution in [3.8, 4) is 22.3 Å². The van der Waals surface area contributed by atoms with E-state index in [9.17, 15) is 0 Å². The molecule has 2 nitrogen and oxygen atoms in total. The molecule has 0 saturated carbocycles. The molecule has 10 aromatic carbocycles. The number of para-hydroxylation sites is 4. The quantitative estimate of drug-likeness (QED) is 0.165. The van der Waals surface area contributed by atoms with E-state index >= 15 is 0 Å². The molecule has 12 rings (SSSR count). The van der Waals surface area contributed by atoms with Crippen LogP contribution in [0, 0.1) is 13.8 Å². The highest BCUT2D eigenvalue weighted by Gasteiger charge is 2.28. The van der Waals surface area contributed by atoms with Gasteiger partial charge in [0, 0.05) is 47.0 Å². The average molecular weight is 767 g/mol. The second-order valence-electron chi connectivity index (χ2n) is 16.6. The van der Waals surface area contributed by atoms with Gasteiger partial charge in [0.05, 0.1) is 0 Å². The predicted molar refractivity (Wildman–Crippen MR) is 254 cm³/mol. The van der Waals surface area contributed by atoms with Gasteiger partial charge in [0.2, 0.25) is 0 Å². The highest BCUT2D eigenvalue weighted by molar-refractivity contribution is 6.24. The minimum Gasteiger partial charge on any atom is -0.310 e. The van der Waals surface area contributed by atoms with Crippen molar-refractivity contribution in [1.29, 1.82) is 0 Å². The standard InChI is InChI=1S/C58H42N2/c1-37-26-27-44(32-38(37)2)57-49-30-28-46(60-55-24-11-6-17-42(55)34-43-18-7-12-25-56(43)60)36-52(49)58(48-21-13-19-39-14-3-8-20-47(39)48)50-31-29-45(35-51(50)57)59-53-22-9-4-15-40(53)33-41-16-5-10-23-54(41)59/h3-32,35-36H,33-34H2,1-2H3. The van der Waals surface area contributed by atoms with Crippen LogP contribution < -0.4 is 9.80 Å². The van der Waals surface area contributed by atoms with Crippen LogP contribution >= 0.6 is 0 Å². The van der Waals surface area contributed by atoms with Crippen LogP contribution in [-0.2, 0) is 12.8 Å². The Morgan fingerprint density at radius 1 is 0.333 bits per heavy atom. The van der Waals surface area contributed by atoms with Crippen LogP contribution in [0.2, 0.25) is 0 Å². The molecule has 60 heavy (non-hydrogen) atoms. The Labute approximate surface area is 351 Å². The summed E-state index contributed by atoms with van der Waals surface area (Å²) >= 11 is 0. The molecule has 10 aromatic rings. The molecule has 2 heteroatoms. The fourth-order valence-electron chi connectivity index (χ4n) is 10.2. The van der Waals surface area contributed by atoms with Crippen LogP contribution in [-0.4, -0.2) is 0 Å². The third-order valence-corrected chi connectivity index (χ3v) is 13.1. The van der Waals surface area contributed by atoms with Crippen molar-refractivity contribution < 1.29 is 0 Å². The van der Waals surface area contributed by atoms with Crippen LogP contribution in [0.4, 0.5) is 34.1 Å². The molecule has 0 bridgehead atoms. The third kappa shape index (κ3) is 5.34. The number of rotatable bonds is 4. The van der Waals surface area contributed by atoms with Crippen molar-refractivity contribution in [2.45, 2.75) is 26.7 Å². The van der Waals surface area contributed by atoms with Crippen LogP contribution in [0.3, 0.4) is 0 Å². The van der Waals surface area contributed by atoms with Gasteiger partial charge in [-0.05, 0) is 150 Å². The molecular formula is C58H42N2. The first kappa shape index (κ1) is 34.6. The van der Waals surface area contributed by atoms with Crippen molar-refractivity contribution in [3.05, 3.63) is 228 Å². The first-order valence-corrected chi connectivity index (χ1v) is 21.1. The lowest BCUT2D eigenvalue weighted by atomic mass is 9.83. The Morgan fingerprint density at radius 3 is 1.35 bits per heavy atom. The van der Waals surface area contributed by atoms with Crippen molar-refractivity contribution in [3.63, 3.8) is 0 Å². The lowest BCUT2D eigenvalue weighted by Crippen LogP contribution is -2.18. The van der Waals surface area contributed by atoms with Gasteiger partial charge in [-0.1, -0.05) is 146 Å². The number of benzene rings is 10. The summed E-state index contributed by atoms with van der Waals surface area (Å²) in [7, 11) is 0. The van der Waals surface area contributed by atoms with Gasteiger partial charge in [-0.15, -0.1) is 0 Å². The van der Waals surface area contributed by atoms with Gasteiger partial charge in [0.25, 0.3) is 0 Å². The van der Waals surface area contributed by atoms with E-state index in [1.54, 1.807) is 0 Å². The van der Waals surface area contributed by atoms with Crippen LogP contribution in [0.5, 0.6) is 0 Å². The number of fused-ring (bicyclic) bond motifs is 7. The van der Waals surface area contributed by atoms with Gasteiger partial charge in [-0.2, -0.15) is 0 Å². The summed E-state index contributed by atoms with van der Waals surface area (Å²) in [6.07, 6.45) is 1.85. The van der Waals surface area contributed by atoms with Crippen molar-refractivity contribution in [2.75, 3.05) is 9.80 Å². The lowest BCUT2D eigenvalue weighted by molar-refractivity contribution is 1.09. The van der Waals surface area contributed by atoms with Crippen LogP contribution in [0.15, 0.2) is 194 Å². The molecule has 2 heterocycles. The Morgan fingerprint density at radius 2 is 0.800 bits per heavy atom. The maximum absolute atomic E-state index is 2.48.